The van der Waals surface area contributed by atoms with E-state index in [1.54, 1.807) is 0 Å². The molecule has 1 amide bonds. The lowest BCUT2D eigenvalue weighted by molar-refractivity contribution is -0.145. The van der Waals surface area contributed by atoms with Crippen LogP contribution >= 0.6 is 0 Å². The predicted molar refractivity (Wildman–Crippen MR) is 61.4 cm³/mol. The van der Waals surface area contributed by atoms with E-state index < -0.39 is 5.41 Å². The zero-order valence-electron chi connectivity index (χ0n) is 10.2. The monoisotopic (exact) mass is 220 g/mol. The van der Waals surface area contributed by atoms with E-state index in [2.05, 4.69) is 19.9 Å². The van der Waals surface area contributed by atoms with Crippen LogP contribution in [-0.4, -0.2) is 23.9 Å². The lowest BCUT2D eigenvalue weighted by Gasteiger charge is -2.42. The van der Waals surface area contributed by atoms with E-state index in [1.807, 2.05) is 4.90 Å². The summed E-state index contributed by atoms with van der Waals surface area (Å²) >= 11 is 0. The van der Waals surface area contributed by atoms with Crippen LogP contribution in [0.3, 0.4) is 0 Å². The average Bonchev–Trinajstić information content (AvgIpc) is 2.21. The molecule has 0 aromatic heterocycles. The van der Waals surface area contributed by atoms with Crippen molar-refractivity contribution in [1.29, 1.82) is 5.26 Å². The summed E-state index contributed by atoms with van der Waals surface area (Å²) in [5, 5.41) is 9.16. The van der Waals surface area contributed by atoms with Gasteiger partial charge < -0.3 is 4.90 Å². The number of piperidine rings is 1. The van der Waals surface area contributed by atoms with Crippen molar-refractivity contribution < 1.29 is 4.79 Å². The van der Waals surface area contributed by atoms with Crippen molar-refractivity contribution >= 4 is 5.91 Å². The lowest BCUT2D eigenvalue weighted by Crippen LogP contribution is -2.51. The van der Waals surface area contributed by atoms with Crippen LogP contribution in [-0.2, 0) is 4.79 Å². The van der Waals surface area contributed by atoms with Gasteiger partial charge in [-0.2, -0.15) is 5.26 Å². The van der Waals surface area contributed by atoms with E-state index in [1.165, 1.54) is 0 Å². The zero-order chi connectivity index (χ0) is 11.8. The second-order valence-electron chi connectivity index (χ2n) is 5.54. The number of amides is 1. The van der Waals surface area contributed by atoms with Gasteiger partial charge in [0.15, 0.2) is 0 Å². The van der Waals surface area contributed by atoms with Crippen LogP contribution in [0, 0.1) is 28.6 Å². The molecule has 0 N–H and O–H groups in total. The third-order valence-corrected chi connectivity index (χ3v) is 4.45. The molecule has 0 bridgehead atoms. The topological polar surface area (TPSA) is 44.1 Å². The van der Waals surface area contributed by atoms with Gasteiger partial charge in [0.1, 0.15) is 5.41 Å². The van der Waals surface area contributed by atoms with Gasteiger partial charge >= 0.3 is 0 Å². The Kier molecular flexibility index (Phi) is 2.92. The smallest absolute Gasteiger partial charge is 0.243 e. The highest BCUT2D eigenvalue weighted by atomic mass is 16.2. The molecule has 1 aliphatic heterocycles. The third kappa shape index (κ3) is 1.71. The Morgan fingerprint density at radius 3 is 2.50 bits per heavy atom. The number of hydrogen-bond donors (Lipinski definition) is 0. The predicted octanol–water partition coefficient (Wildman–Crippen LogP) is 2.18. The first-order valence-electron chi connectivity index (χ1n) is 6.30. The Morgan fingerprint density at radius 1 is 1.38 bits per heavy atom. The van der Waals surface area contributed by atoms with Gasteiger partial charge in [-0.3, -0.25) is 4.79 Å². The van der Waals surface area contributed by atoms with Crippen LogP contribution in [0.2, 0.25) is 0 Å². The molecular formula is C13H20N2O. The lowest BCUT2D eigenvalue weighted by atomic mass is 9.68. The molecule has 0 spiro atoms. The van der Waals surface area contributed by atoms with Crippen LogP contribution in [0.25, 0.3) is 0 Å². The Balaban J connectivity index is 2.03. The molecule has 0 aromatic carbocycles. The third-order valence-electron chi connectivity index (χ3n) is 4.45. The Hall–Kier alpha value is -1.04. The Labute approximate surface area is 97.4 Å². The second kappa shape index (κ2) is 4.08. The summed E-state index contributed by atoms with van der Waals surface area (Å²) < 4.78 is 0. The molecule has 2 rings (SSSR count). The van der Waals surface area contributed by atoms with Gasteiger partial charge in [0.25, 0.3) is 0 Å². The zero-order valence-corrected chi connectivity index (χ0v) is 10.2. The maximum absolute atomic E-state index is 12.3. The fourth-order valence-electron chi connectivity index (χ4n) is 2.65. The number of nitrogens with zero attached hydrogens (tertiary/aromatic N) is 2. The molecule has 0 aromatic rings. The second-order valence-corrected chi connectivity index (χ2v) is 5.54. The summed E-state index contributed by atoms with van der Waals surface area (Å²) in [6.07, 6.45) is 3.64. The van der Waals surface area contributed by atoms with Crippen molar-refractivity contribution in [3.8, 4) is 6.07 Å². The maximum Gasteiger partial charge on any atom is 0.243 e. The highest BCUT2D eigenvalue weighted by molar-refractivity contribution is 5.86. The van der Waals surface area contributed by atoms with E-state index in [0.717, 1.165) is 38.8 Å². The molecule has 3 nitrogen and oxygen atoms in total. The molecule has 3 heteroatoms. The van der Waals surface area contributed by atoms with E-state index >= 15 is 0 Å². The largest absolute Gasteiger partial charge is 0.341 e. The van der Waals surface area contributed by atoms with Gasteiger partial charge in [0.2, 0.25) is 5.91 Å². The Bertz CT molecular complexity index is 327. The van der Waals surface area contributed by atoms with Crippen LogP contribution in [0.5, 0.6) is 0 Å². The van der Waals surface area contributed by atoms with Gasteiger partial charge in [-0.15, -0.1) is 0 Å². The Morgan fingerprint density at radius 2 is 2.06 bits per heavy atom. The van der Waals surface area contributed by atoms with Crippen LogP contribution < -0.4 is 0 Å². The first kappa shape index (κ1) is 11.4. The minimum absolute atomic E-state index is 0.0972. The number of likely N-dealkylation sites (tertiary alicyclic amines) is 1. The van der Waals surface area contributed by atoms with Crippen molar-refractivity contribution in [2.24, 2.45) is 17.3 Å². The molecule has 88 valence electrons. The molecule has 2 unspecified atom stereocenters. The van der Waals surface area contributed by atoms with Crippen LogP contribution in [0.1, 0.15) is 39.5 Å². The molecule has 0 radical (unpaired) electrons. The number of nitriles is 1. The van der Waals surface area contributed by atoms with Crippen molar-refractivity contribution in [1.82, 2.24) is 4.90 Å². The molecule has 1 heterocycles. The fraction of sp³-hybridized carbons (Fsp3) is 0.846. The van der Waals surface area contributed by atoms with Gasteiger partial charge in [-0.05, 0) is 37.5 Å². The highest BCUT2D eigenvalue weighted by Crippen LogP contribution is 2.42. The minimum atomic E-state index is -0.652. The SMILES string of the molecule is CC1CCN(C(=O)C2(C#N)CCC2)CC1C. The molecule has 1 saturated heterocycles. The van der Waals surface area contributed by atoms with Crippen molar-refractivity contribution in [3.05, 3.63) is 0 Å². The van der Waals surface area contributed by atoms with Crippen LogP contribution in [0.4, 0.5) is 0 Å². The standard InChI is InChI=1S/C13H20N2O/c1-10-4-7-15(8-11(10)2)12(16)13(9-14)5-3-6-13/h10-11H,3-8H2,1-2H3. The molecule has 2 atom stereocenters. The van der Waals surface area contributed by atoms with E-state index in [4.69, 9.17) is 5.26 Å². The van der Waals surface area contributed by atoms with E-state index in [0.29, 0.717) is 11.8 Å². The summed E-state index contributed by atoms with van der Waals surface area (Å²) in [7, 11) is 0. The number of hydrogen-bond acceptors (Lipinski definition) is 2. The van der Waals surface area contributed by atoms with Crippen LogP contribution in [0.15, 0.2) is 0 Å². The quantitative estimate of drug-likeness (QED) is 0.680. The molecule has 2 fully saturated rings. The van der Waals surface area contributed by atoms with Gasteiger partial charge in [0, 0.05) is 13.1 Å². The summed E-state index contributed by atoms with van der Waals surface area (Å²) in [6, 6.07) is 2.25. The number of carbonyl (C=O) groups excluding carboxylic acids is 1. The highest BCUT2D eigenvalue weighted by Gasteiger charge is 2.47. The first-order chi connectivity index (χ1) is 7.59. The minimum Gasteiger partial charge on any atom is -0.341 e. The summed E-state index contributed by atoms with van der Waals surface area (Å²) in [4.78, 5) is 14.2. The summed E-state index contributed by atoms with van der Waals surface area (Å²) in [5.41, 5.74) is -0.652. The van der Waals surface area contributed by atoms with Crippen molar-refractivity contribution in [2.75, 3.05) is 13.1 Å². The maximum atomic E-state index is 12.3. The number of rotatable bonds is 1. The summed E-state index contributed by atoms with van der Waals surface area (Å²) in [6.45, 7) is 6.12. The molecule has 1 aliphatic carbocycles. The molecule has 1 saturated carbocycles. The van der Waals surface area contributed by atoms with Gasteiger partial charge in [0.05, 0.1) is 6.07 Å². The normalized spacial score (nSPS) is 32.7. The van der Waals surface area contributed by atoms with Crippen molar-refractivity contribution in [2.45, 2.75) is 39.5 Å². The fourth-order valence-corrected chi connectivity index (χ4v) is 2.65. The molecule has 16 heavy (non-hydrogen) atoms. The van der Waals surface area contributed by atoms with Gasteiger partial charge in [-0.1, -0.05) is 13.8 Å². The first-order valence-corrected chi connectivity index (χ1v) is 6.30. The van der Waals surface area contributed by atoms with E-state index in [-0.39, 0.29) is 5.91 Å². The molecule has 2 aliphatic rings. The van der Waals surface area contributed by atoms with E-state index in [9.17, 15) is 4.79 Å². The van der Waals surface area contributed by atoms with Gasteiger partial charge in [-0.25, -0.2) is 0 Å². The molecular weight excluding hydrogens is 200 g/mol. The summed E-state index contributed by atoms with van der Waals surface area (Å²) in [5.74, 6) is 1.36. The van der Waals surface area contributed by atoms with Crippen molar-refractivity contribution in [3.63, 3.8) is 0 Å². The number of carbonyl (C=O) groups is 1. The average molecular weight is 220 g/mol.